The van der Waals surface area contributed by atoms with Crippen LogP contribution in [0.2, 0.25) is 0 Å². The fourth-order valence-electron chi connectivity index (χ4n) is 2.40. The molecule has 0 saturated carbocycles. The molecule has 6 nitrogen and oxygen atoms in total. The number of thioether (sulfide) groups is 1. The molecule has 4 N–H and O–H groups in total. The molecule has 0 bridgehead atoms. The van der Waals surface area contributed by atoms with Gasteiger partial charge in [-0.3, -0.25) is 5.10 Å². The molecule has 0 saturated heterocycles. The number of aliphatic hydroxyl groups excluding tert-OH is 2. The molecule has 0 aliphatic heterocycles. The lowest BCUT2D eigenvalue weighted by Crippen LogP contribution is -2.40. The topological polar surface area (TPSA) is 102 Å². The zero-order valence-electron chi connectivity index (χ0n) is 13.0. The molecule has 132 valence electrons. The average Bonchev–Trinajstić information content (AvgIpc) is 2.99. The van der Waals surface area contributed by atoms with Crippen LogP contribution in [-0.2, 0) is 12.0 Å². The summed E-state index contributed by atoms with van der Waals surface area (Å²) >= 11 is 0.984. The van der Waals surface area contributed by atoms with Crippen LogP contribution in [0.3, 0.4) is 0 Å². The van der Waals surface area contributed by atoms with Gasteiger partial charge in [-0.25, -0.2) is 13.8 Å². The Kier molecular flexibility index (Phi) is 6.27. The van der Waals surface area contributed by atoms with E-state index in [9.17, 15) is 19.0 Å². The predicted molar refractivity (Wildman–Crippen MR) is 85.1 cm³/mol. The fourth-order valence-corrected chi connectivity index (χ4v) is 3.54. The number of hydrogen-bond acceptors (Lipinski definition) is 6. The molecule has 1 aromatic heterocycles. The number of H-pyrrole nitrogens is 1. The van der Waals surface area contributed by atoms with E-state index in [2.05, 4.69) is 15.2 Å². The molecule has 1 aromatic carbocycles. The zero-order chi connectivity index (χ0) is 17.7. The zero-order valence-corrected chi connectivity index (χ0v) is 13.8. The summed E-state index contributed by atoms with van der Waals surface area (Å²) in [5, 5.41) is 35.5. The lowest BCUT2D eigenvalue weighted by molar-refractivity contribution is 0.0320. The first kappa shape index (κ1) is 18.8. The summed E-state index contributed by atoms with van der Waals surface area (Å²) in [5.74, 6) is -1.31. The van der Waals surface area contributed by atoms with Crippen LogP contribution in [-0.4, -0.2) is 47.8 Å². The van der Waals surface area contributed by atoms with Crippen molar-refractivity contribution >= 4 is 11.8 Å². The maximum Gasteiger partial charge on any atom is 0.137 e. The summed E-state index contributed by atoms with van der Waals surface area (Å²) in [6, 6.07) is 2.93. The Labute approximate surface area is 141 Å². The number of hydrogen-bond donors (Lipinski definition) is 4. The molecule has 0 amide bonds. The highest BCUT2D eigenvalue weighted by atomic mass is 32.2. The standard InChI is InChI=1S/C15H19F2N3O3S/c1-9(24-14(22)4-5-21)15(23,7-13-18-8-19-20-13)11-3-2-10(16)6-12(11)17/h2-3,6,8-9,14,21-23H,4-5,7H2,1H3,(H,18,19,20). The van der Waals surface area contributed by atoms with Gasteiger partial charge in [0.1, 0.15) is 34.8 Å². The second kappa shape index (κ2) is 8.02. The van der Waals surface area contributed by atoms with E-state index < -0.39 is 27.9 Å². The van der Waals surface area contributed by atoms with Crippen LogP contribution in [0.25, 0.3) is 0 Å². The number of halogens is 2. The van der Waals surface area contributed by atoms with Gasteiger partial charge >= 0.3 is 0 Å². The van der Waals surface area contributed by atoms with Crippen molar-refractivity contribution < 1.29 is 24.1 Å². The molecular weight excluding hydrogens is 340 g/mol. The van der Waals surface area contributed by atoms with Crippen LogP contribution in [0.15, 0.2) is 24.5 Å². The van der Waals surface area contributed by atoms with E-state index in [1.165, 1.54) is 12.4 Å². The summed E-state index contributed by atoms with van der Waals surface area (Å²) in [4.78, 5) is 3.94. The van der Waals surface area contributed by atoms with Crippen molar-refractivity contribution in [1.82, 2.24) is 15.2 Å². The Morgan fingerprint density at radius 1 is 1.38 bits per heavy atom. The van der Waals surface area contributed by atoms with Gasteiger partial charge < -0.3 is 15.3 Å². The highest BCUT2D eigenvalue weighted by Gasteiger charge is 2.40. The third kappa shape index (κ3) is 4.29. The van der Waals surface area contributed by atoms with Gasteiger partial charge in [0.05, 0.1) is 0 Å². The molecule has 3 atom stereocenters. The van der Waals surface area contributed by atoms with E-state index in [0.29, 0.717) is 11.9 Å². The Hall–Kier alpha value is -1.55. The van der Waals surface area contributed by atoms with E-state index in [1.54, 1.807) is 6.92 Å². The van der Waals surface area contributed by atoms with Crippen molar-refractivity contribution in [3.63, 3.8) is 0 Å². The highest BCUT2D eigenvalue weighted by Crippen LogP contribution is 2.38. The molecule has 0 spiro atoms. The number of nitrogens with zero attached hydrogens (tertiary/aromatic N) is 2. The van der Waals surface area contributed by atoms with E-state index in [4.69, 9.17) is 5.11 Å². The summed E-state index contributed by atoms with van der Waals surface area (Å²) in [6.45, 7) is 1.40. The normalized spacial score (nSPS) is 16.6. The first-order chi connectivity index (χ1) is 11.4. The van der Waals surface area contributed by atoms with Crippen LogP contribution >= 0.6 is 11.8 Å². The van der Waals surface area contributed by atoms with Crippen molar-refractivity contribution in [1.29, 1.82) is 0 Å². The molecule has 1 heterocycles. The summed E-state index contributed by atoms with van der Waals surface area (Å²) in [6.07, 6.45) is 1.27. The molecular formula is C15H19F2N3O3S. The molecule has 9 heteroatoms. The summed E-state index contributed by atoms with van der Waals surface area (Å²) in [5.41, 5.74) is -2.80. The monoisotopic (exact) mass is 359 g/mol. The van der Waals surface area contributed by atoms with Crippen LogP contribution in [0.4, 0.5) is 8.78 Å². The molecule has 2 rings (SSSR count). The smallest absolute Gasteiger partial charge is 0.137 e. The van der Waals surface area contributed by atoms with Gasteiger partial charge in [0.2, 0.25) is 0 Å². The maximum absolute atomic E-state index is 14.3. The van der Waals surface area contributed by atoms with Crippen molar-refractivity contribution in [2.24, 2.45) is 0 Å². The van der Waals surface area contributed by atoms with Crippen molar-refractivity contribution in [3.8, 4) is 0 Å². The second-order valence-corrected chi connectivity index (χ2v) is 6.93. The van der Waals surface area contributed by atoms with Gasteiger partial charge in [-0.2, -0.15) is 5.10 Å². The molecule has 0 fully saturated rings. The molecule has 24 heavy (non-hydrogen) atoms. The Balaban J connectivity index is 2.36. The second-order valence-electron chi connectivity index (χ2n) is 5.40. The van der Waals surface area contributed by atoms with E-state index in [1.807, 2.05) is 0 Å². The minimum atomic E-state index is -1.77. The fraction of sp³-hybridized carbons (Fsp3) is 0.467. The van der Waals surface area contributed by atoms with Gasteiger partial charge in [0, 0.05) is 36.3 Å². The van der Waals surface area contributed by atoms with Crippen molar-refractivity contribution in [2.75, 3.05) is 6.61 Å². The van der Waals surface area contributed by atoms with Crippen LogP contribution in [0, 0.1) is 11.6 Å². The third-order valence-corrected chi connectivity index (χ3v) is 5.06. The Morgan fingerprint density at radius 2 is 2.12 bits per heavy atom. The van der Waals surface area contributed by atoms with E-state index >= 15 is 0 Å². The van der Waals surface area contributed by atoms with Gasteiger partial charge in [0.25, 0.3) is 0 Å². The number of aliphatic hydroxyl groups is 3. The number of aromatic amines is 1. The van der Waals surface area contributed by atoms with Crippen LogP contribution < -0.4 is 0 Å². The quantitative estimate of drug-likeness (QED) is 0.531. The first-order valence-corrected chi connectivity index (χ1v) is 8.27. The SMILES string of the molecule is CC(SC(O)CCO)C(O)(Cc1ncn[nH]1)c1ccc(F)cc1F. The van der Waals surface area contributed by atoms with Gasteiger partial charge in [-0.1, -0.05) is 13.0 Å². The molecule has 2 aromatic rings. The van der Waals surface area contributed by atoms with Gasteiger partial charge in [0.15, 0.2) is 0 Å². The summed E-state index contributed by atoms with van der Waals surface area (Å²) in [7, 11) is 0. The van der Waals surface area contributed by atoms with Crippen molar-refractivity contribution in [3.05, 3.63) is 47.5 Å². The number of aromatic nitrogens is 3. The Bertz CT molecular complexity index is 659. The minimum Gasteiger partial charge on any atom is -0.396 e. The van der Waals surface area contributed by atoms with Crippen LogP contribution in [0.5, 0.6) is 0 Å². The molecule has 3 unspecified atom stereocenters. The third-order valence-electron chi connectivity index (χ3n) is 3.71. The van der Waals surface area contributed by atoms with E-state index in [-0.39, 0.29) is 25.0 Å². The average molecular weight is 359 g/mol. The highest BCUT2D eigenvalue weighted by molar-refractivity contribution is 8.00. The summed E-state index contributed by atoms with van der Waals surface area (Å²) < 4.78 is 27.5. The number of nitrogens with one attached hydrogen (secondary N) is 1. The largest absolute Gasteiger partial charge is 0.396 e. The van der Waals surface area contributed by atoms with Crippen LogP contribution in [0.1, 0.15) is 24.7 Å². The van der Waals surface area contributed by atoms with E-state index in [0.717, 1.165) is 17.8 Å². The first-order valence-electron chi connectivity index (χ1n) is 7.33. The lowest BCUT2D eigenvalue weighted by Gasteiger charge is -2.35. The predicted octanol–water partition coefficient (Wildman–Crippen LogP) is 1.34. The number of rotatable bonds is 8. The maximum atomic E-state index is 14.3. The van der Waals surface area contributed by atoms with Gasteiger partial charge in [-0.15, -0.1) is 11.8 Å². The number of benzene rings is 1. The molecule has 0 aliphatic carbocycles. The molecule has 0 radical (unpaired) electrons. The van der Waals surface area contributed by atoms with Crippen molar-refractivity contribution in [2.45, 2.75) is 36.1 Å². The van der Waals surface area contributed by atoms with Gasteiger partial charge in [-0.05, 0) is 6.07 Å². The Morgan fingerprint density at radius 3 is 2.71 bits per heavy atom. The lowest BCUT2D eigenvalue weighted by atomic mass is 9.86. The minimum absolute atomic E-state index is 0.100. The molecule has 0 aliphatic rings.